The quantitative estimate of drug-likeness (QED) is 0.875. The predicted octanol–water partition coefficient (Wildman–Crippen LogP) is 3.29. The molecule has 20 heavy (non-hydrogen) atoms. The van der Waals surface area contributed by atoms with Crippen LogP contribution in [-0.4, -0.2) is 18.0 Å². The molecule has 1 saturated carbocycles. The summed E-state index contributed by atoms with van der Waals surface area (Å²) in [6.45, 7) is 7.00. The maximum atomic E-state index is 12.1. The summed E-state index contributed by atoms with van der Waals surface area (Å²) in [5, 5.41) is 6.50. The lowest BCUT2D eigenvalue weighted by Crippen LogP contribution is -2.46. The van der Waals surface area contributed by atoms with Crippen LogP contribution in [0.3, 0.4) is 0 Å². The summed E-state index contributed by atoms with van der Waals surface area (Å²) in [5.74, 6) is 0.141. The number of hydrogen-bond acceptors (Lipinski definition) is 3. The zero-order valence-corrected chi connectivity index (χ0v) is 13.6. The number of rotatable bonds is 5. The third-order valence-corrected chi connectivity index (χ3v) is 5.30. The van der Waals surface area contributed by atoms with E-state index in [2.05, 4.69) is 30.5 Å². The van der Waals surface area contributed by atoms with E-state index in [4.69, 9.17) is 0 Å². The van der Waals surface area contributed by atoms with E-state index in [9.17, 15) is 4.79 Å². The third-order valence-electron chi connectivity index (χ3n) is 4.14. The largest absolute Gasteiger partial charge is 0.352 e. The van der Waals surface area contributed by atoms with Gasteiger partial charge < -0.3 is 10.6 Å². The molecule has 0 bridgehead atoms. The smallest absolute Gasteiger partial charge is 0.237 e. The molecule has 4 heteroatoms. The van der Waals surface area contributed by atoms with Crippen LogP contribution in [-0.2, 0) is 11.3 Å². The Morgan fingerprint density at radius 1 is 1.35 bits per heavy atom. The predicted molar refractivity (Wildman–Crippen MR) is 85.1 cm³/mol. The van der Waals surface area contributed by atoms with Gasteiger partial charge in [0.05, 0.1) is 6.04 Å². The minimum atomic E-state index is -0.125. The van der Waals surface area contributed by atoms with Crippen LogP contribution < -0.4 is 10.6 Å². The molecule has 1 aromatic heterocycles. The van der Waals surface area contributed by atoms with Gasteiger partial charge in [-0.15, -0.1) is 11.3 Å². The first-order valence-corrected chi connectivity index (χ1v) is 8.47. The van der Waals surface area contributed by atoms with Crippen LogP contribution in [0.15, 0.2) is 6.07 Å². The highest BCUT2D eigenvalue weighted by molar-refractivity contribution is 7.12. The Labute approximate surface area is 126 Å². The van der Waals surface area contributed by atoms with Gasteiger partial charge in [0.2, 0.25) is 5.91 Å². The van der Waals surface area contributed by atoms with Crippen molar-refractivity contribution in [3.63, 3.8) is 0 Å². The molecule has 2 N–H and O–H groups in total. The molecule has 0 aromatic carbocycles. The van der Waals surface area contributed by atoms with Crippen LogP contribution >= 0.6 is 11.3 Å². The second kappa shape index (κ2) is 7.23. The molecule has 0 spiro atoms. The molecule has 112 valence electrons. The van der Waals surface area contributed by atoms with Crippen molar-refractivity contribution < 1.29 is 4.79 Å². The first-order valence-electron chi connectivity index (χ1n) is 7.66. The SMILES string of the molecule is Cc1cc(CNC(C)C(=O)NC2CCCCC2)sc1C. The van der Waals surface area contributed by atoms with Crippen LogP contribution in [0.1, 0.15) is 54.3 Å². The van der Waals surface area contributed by atoms with E-state index in [0.29, 0.717) is 6.04 Å². The molecular formula is C16H26N2OS. The van der Waals surface area contributed by atoms with E-state index in [0.717, 1.165) is 19.4 Å². The molecule has 1 unspecified atom stereocenters. The fourth-order valence-electron chi connectivity index (χ4n) is 2.66. The number of carbonyl (C=O) groups excluding carboxylic acids is 1. The topological polar surface area (TPSA) is 41.1 Å². The summed E-state index contributed by atoms with van der Waals surface area (Å²) in [4.78, 5) is 14.8. The van der Waals surface area contributed by atoms with Gasteiger partial charge in [0.1, 0.15) is 0 Å². The third kappa shape index (κ3) is 4.32. The highest BCUT2D eigenvalue weighted by Gasteiger charge is 2.19. The van der Waals surface area contributed by atoms with Gasteiger partial charge in [0.25, 0.3) is 0 Å². The molecule has 0 radical (unpaired) electrons. The van der Waals surface area contributed by atoms with Gasteiger partial charge in [0, 0.05) is 22.3 Å². The van der Waals surface area contributed by atoms with Gasteiger partial charge in [-0.2, -0.15) is 0 Å². The second-order valence-corrected chi connectivity index (χ2v) is 7.24. The van der Waals surface area contributed by atoms with Gasteiger partial charge in [-0.1, -0.05) is 19.3 Å². The van der Waals surface area contributed by atoms with Gasteiger partial charge in [0.15, 0.2) is 0 Å². The summed E-state index contributed by atoms with van der Waals surface area (Å²) >= 11 is 1.81. The van der Waals surface area contributed by atoms with Crippen molar-refractivity contribution in [2.45, 2.75) is 71.5 Å². The first-order chi connectivity index (χ1) is 9.56. The van der Waals surface area contributed by atoms with Crippen LogP contribution in [0.25, 0.3) is 0 Å². The molecule has 0 aliphatic heterocycles. The summed E-state index contributed by atoms with van der Waals surface area (Å²) < 4.78 is 0. The molecule has 2 rings (SSSR count). The monoisotopic (exact) mass is 294 g/mol. The molecule has 0 saturated heterocycles. The number of thiophene rings is 1. The number of nitrogens with one attached hydrogen (secondary N) is 2. The minimum Gasteiger partial charge on any atom is -0.352 e. The summed E-state index contributed by atoms with van der Waals surface area (Å²) in [6, 6.07) is 2.48. The lowest BCUT2D eigenvalue weighted by molar-refractivity contribution is -0.123. The number of amides is 1. The zero-order valence-electron chi connectivity index (χ0n) is 12.8. The van der Waals surface area contributed by atoms with Crippen LogP contribution in [0.2, 0.25) is 0 Å². The lowest BCUT2D eigenvalue weighted by Gasteiger charge is -2.24. The highest BCUT2D eigenvalue weighted by atomic mass is 32.1. The lowest BCUT2D eigenvalue weighted by atomic mass is 9.95. The van der Waals surface area contributed by atoms with Gasteiger partial charge >= 0.3 is 0 Å². The Morgan fingerprint density at radius 2 is 2.05 bits per heavy atom. The second-order valence-electron chi connectivity index (χ2n) is 5.90. The fraction of sp³-hybridized carbons (Fsp3) is 0.688. The Morgan fingerprint density at radius 3 is 2.65 bits per heavy atom. The number of hydrogen-bond donors (Lipinski definition) is 2. The Balaban J connectivity index is 1.75. The number of carbonyl (C=O) groups is 1. The normalized spacial score (nSPS) is 17.9. The molecule has 1 aliphatic rings. The van der Waals surface area contributed by atoms with Crippen molar-refractivity contribution in [1.82, 2.24) is 10.6 Å². The van der Waals surface area contributed by atoms with E-state index in [1.807, 2.05) is 18.3 Å². The van der Waals surface area contributed by atoms with Gasteiger partial charge in [-0.25, -0.2) is 0 Å². The number of aryl methyl sites for hydroxylation is 2. The molecule has 3 nitrogen and oxygen atoms in total. The standard InChI is InChI=1S/C16H26N2OS/c1-11-9-15(20-13(11)3)10-17-12(2)16(19)18-14-7-5-4-6-8-14/h9,12,14,17H,4-8,10H2,1-3H3,(H,18,19). The van der Waals surface area contributed by atoms with Crippen molar-refractivity contribution in [3.05, 3.63) is 21.4 Å². The molecule has 1 fully saturated rings. The molecule has 1 heterocycles. The summed E-state index contributed by atoms with van der Waals surface area (Å²) in [7, 11) is 0. The van der Waals surface area contributed by atoms with Crippen LogP contribution in [0.5, 0.6) is 0 Å². The van der Waals surface area contributed by atoms with E-state index in [1.165, 1.54) is 34.6 Å². The Kier molecular flexibility index (Phi) is 5.61. The van der Waals surface area contributed by atoms with Crippen LogP contribution in [0.4, 0.5) is 0 Å². The maximum absolute atomic E-state index is 12.1. The molecule has 1 amide bonds. The van der Waals surface area contributed by atoms with E-state index >= 15 is 0 Å². The van der Waals surface area contributed by atoms with E-state index < -0.39 is 0 Å². The highest BCUT2D eigenvalue weighted by Crippen LogP contribution is 2.20. The average molecular weight is 294 g/mol. The van der Waals surface area contributed by atoms with Crippen molar-refractivity contribution in [3.8, 4) is 0 Å². The fourth-order valence-corrected chi connectivity index (χ4v) is 3.66. The average Bonchev–Trinajstić information content (AvgIpc) is 2.76. The Bertz CT molecular complexity index is 430. The van der Waals surface area contributed by atoms with E-state index in [-0.39, 0.29) is 11.9 Å². The molecule has 1 aliphatic carbocycles. The maximum Gasteiger partial charge on any atom is 0.237 e. The van der Waals surface area contributed by atoms with Gasteiger partial charge in [-0.05, 0) is 45.2 Å². The molecule has 1 atom stereocenters. The summed E-state index contributed by atoms with van der Waals surface area (Å²) in [6.07, 6.45) is 6.10. The zero-order chi connectivity index (χ0) is 14.5. The van der Waals surface area contributed by atoms with Crippen molar-refractivity contribution in [2.75, 3.05) is 0 Å². The minimum absolute atomic E-state index is 0.125. The van der Waals surface area contributed by atoms with Crippen LogP contribution in [0, 0.1) is 13.8 Å². The van der Waals surface area contributed by atoms with Crippen molar-refractivity contribution in [1.29, 1.82) is 0 Å². The van der Waals surface area contributed by atoms with Crippen molar-refractivity contribution in [2.24, 2.45) is 0 Å². The summed E-state index contributed by atoms with van der Waals surface area (Å²) in [5.41, 5.74) is 1.34. The van der Waals surface area contributed by atoms with Crippen molar-refractivity contribution >= 4 is 17.2 Å². The Hall–Kier alpha value is -0.870. The molecular weight excluding hydrogens is 268 g/mol. The van der Waals surface area contributed by atoms with Gasteiger partial charge in [-0.3, -0.25) is 4.79 Å². The van der Waals surface area contributed by atoms with E-state index in [1.54, 1.807) is 0 Å². The first kappa shape index (κ1) is 15.5. The molecule has 1 aromatic rings.